The molecule has 2 aromatic rings. The second-order valence-electron chi connectivity index (χ2n) is 4.78. The Hall–Kier alpha value is -2.93. The van der Waals surface area contributed by atoms with Gasteiger partial charge in [0.2, 0.25) is 5.11 Å². The third kappa shape index (κ3) is 5.36. The summed E-state index contributed by atoms with van der Waals surface area (Å²) >= 11 is 5.31. The van der Waals surface area contributed by atoms with Crippen molar-refractivity contribution < 1.29 is 19.5 Å². The van der Waals surface area contributed by atoms with E-state index in [4.69, 9.17) is 22.2 Å². The van der Waals surface area contributed by atoms with Crippen molar-refractivity contribution in [1.82, 2.24) is 0 Å². The molecule has 0 fully saturated rings. The number of benzene rings is 2. The first-order valence-electron chi connectivity index (χ1n) is 7.20. The van der Waals surface area contributed by atoms with Gasteiger partial charge in [-0.05, 0) is 36.5 Å². The number of thiocarbonyl (C=S) groups is 1. The highest BCUT2D eigenvalue weighted by molar-refractivity contribution is 7.80. The number of carboxylic acid groups (broad SMARTS) is 1. The summed E-state index contributed by atoms with van der Waals surface area (Å²) in [5.41, 5.74) is 1.29. The average molecular weight is 344 g/mol. The van der Waals surface area contributed by atoms with Gasteiger partial charge in [0.15, 0.2) is 0 Å². The molecule has 7 heteroatoms. The molecule has 6 nitrogen and oxygen atoms in total. The predicted molar refractivity (Wildman–Crippen MR) is 94.5 cm³/mol. The van der Waals surface area contributed by atoms with Crippen molar-refractivity contribution in [2.24, 2.45) is 0 Å². The Labute approximate surface area is 144 Å². The van der Waals surface area contributed by atoms with Gasteiger partial charge in [-0.15, -0.1) is 5.06 Å². The van der Waals surface area contributed by atoms with Crippen LogP contribution in [0.2, 0.25) is 0 Å². The topological polar surface area (TPSA) is 78.9 Å². The van der Waals surface area contributed by atoms with E-state index in [-0.39, 0.29) is 18.0 Å². The highest BCUT2D eigenvalue weighted by Gasteiger charge is 2.18. The lowest BCUT2D eigenvalue weighted by Gasteiger charge is -2.24. The number of carbonyl (C=O) groups is 2. The Morgan fingerprint density at radius 2 is 1.58 bits per heavy atom. The third-order valence-corrected chi connectivity index (χ3v) is 3.20. The molecule has 0 atom stereocenters. The van der Waals surface area contributed by atoms with E-state index in [9.17, 15) is 9.59 Å². The van der Waals surface area contributed by atoms with Gasteiger partial charge >= 0.3 is 11.9 Å². The number of para-hydroxylation sites is 2. The van der Waals surface area contributed by atoms with E-state index in [1.54, 1.807) is 24.3 Å². The molecule has 0 aliphatic carbocycles. The minimum Gasteiger partial charge on any atom is -0.481 e. The molecule has 0 aromatic heterocycles. The number of hydroxylamine groups is 1. The maximum atomic E-state index is 11.9. The van der Waals surface area contributed by atoms with Crippen LogP contribution in [0.4, 0.5) is 11.4 Å². The first-order valence-corrected chi connectivity index (χ1v) is 7.61. The summed E-state index contributed by atoms with van der Waals surface area (Å²) in [5, 5.41) is 13.0. The fourth-order valence-corrected chi connectivity index (χ4v) is 2.09. The lowest BCUT2D eigenvalue weighted by Crippen LogP contribution is -2.37. The summed E-state index contributed by atoms with van der Waals surface area (Å²) in [6.45, 7) is 0. The first kappa shape index (κ1) is 17.4. The number of aliphatic carboxylic acids is 1. The number of anilines is 2. The van der Waals surface area contributed by atoms with Gasteiger partial charge in [0, 0.05) is 5.69 Å². The summed E-state index contributed by atoms with van der Waals surface area (Å²) in [4.78, 5) is 27.7. The van der Waals surface area contributed by atoms with E-state index in [0.717, 1.165) is 5.69 Å². The first-order chi connectivity index (χ1) is 11.6. The molecule has 0 amide bonds. The van der Waals surface area contributed by atoms with Gasteiger partial charge in [-0.2, -0.15) is 0 Å². The van der Waals surface area contributed by atoms with E-state index < -0.39 is 11.9 Å². The molecule has 2 aromatic carbocycles. The molecule has 0 aliphatic rings. The predicted octanol–water partition coefficient (Wildman–Crippen LogP) is 3.21. The van der Waals surface area contributed by atoms with Crippen molar-refractivity contribution in [2.75, 3.05) is 10.4 Å². The number of carbonyl (C=O) groups excluding carboxylic acids is 1. The van der Waals surface area contributed by atoms with Crippen LogP contribution in [0.1, 0.15) is 12.8 Å². The van der Waals surface area contributed by atoms with E-state index in [1.807, 2.05) is 36.4 Å². The normalized spacial score (nSPS) is 9.83. The number of hydrogen-bond acceptors (Lipinski definition) is 4. The second-order valence-corrected chi connectivity index (χ2v) is 5.17. The molecule has 0 bridgehead atoms. The van der Waals surface area contributed by atoms with Gasteiger partial charge < -0.3 is 15.3 Å². The SMILES string of the molecule is O=C(O)CCC(=O)ON(C(=S)Nc1ccccc1)c1ccccc1. The summed E-state index contributed by atoms with van der Waals surface area (Å²) in [6, 6.07) is 18.0. The third-order valence-electron chi connectivity index (χ3n) is 2.94. The molecular formula is C17H16N2O4S. The molecule has 2 rings (SSSR count). The average Bonchev–Trinajstić information content (AvgIpc) is 2.59. The number of carboxylic acids is 1. The minimum absolute atomic E-state index is 0.163. The number of nitrogens with one attached hydrogen (secondary N) is 1. The van der Waals surface area contributed by atoms with Gasteiger partial charge in [0.1, 0.15) is 0 Å². The fraction of sp³-hybridized carbons (Fsp3) is 0.118. The number of hydrogen-bond donors (Lipinski definition) is 2. The zero-order valence-corrected chi connectivity index (χ0v) is 13.5. The van der Waals surface area contributed by atoms with E-state index in [2.05, 4.69) is 5.32 Å². The quantitative estimate of drug-likeness (QED) is 0.637. The van der Waals surface area contributed by atoms with Gasteiger partial charge in [0.05, 0.1) is 18.5 Å². The van der Waals surface area contributed by atoms with Crippen LogP contribution < -0.4 is 10.4 Å². The van der Waals surface area contributed by atoms with Crippen molar-refractivity contribution in [3.05, 3.63) is 60.7 Å². The van der Waals surface area contributed by atoms with Crippen molar-refractivity contribution in [2.45, 2.75) is 12.8 Å². The molecule has 2 N–H and O–H groups in total. The Morgan fingerprint density at radius 3 is 2.17 bits per heavy atom. The lowest BCUT2D eigenvalue weighted by atomic mass is 10.3. The maximum absolute atomic E-state index is 11.9. The Bertz CT molecular complexity index is 707. The molecule has 0 saturated heterocycles. The van der Waals surface area contributed by atoms with Crippen LogP contribution in [0, 0.1) is 0 Å². The molecule has 0 aliphatic heterocycles. The summed E-state index contributed by atoms with van der Waals surface area (Å²) in [6.07, 6.45) is -0.549. The molecular weight excluding hydrogens is 328 g/mol. The van der Waals surface area contributed by atoms with Gasteiger partial charge in [-0.25, -0.2) is 4.79 Å². The van der Waals surface area contributed by atoms with Gasteiger partial charge in [0.25, 0.3) is 0 Å². The Kier molecular flexibility index (Phi) is 6.27. The largest absolute Gasteiger partial charge is 0.481 e. The molecule has 0 spiro atoms. The van der Waals surface area contributed by atoms with Crippen molar-refractivity contribution in [3.63, 3.8) is 0 Å². The monoisotopic (exact) mass is 344 g/mol. The summed E-state index contributed by atoms with van der Waals surface area (Å²) < 4.78 is 0. The zero-order chi connectivity index (χ0) is 17.4. The second kappa shape index (κ2) is 8.64. The Morgan fingerprint density at radius 1 is 1.00 bits per heavy atom. The lowest BCUT2D eigenvalue weighted by molar-refractivity contribution is -0.147. The number of nitrogens with zero attached hydrogens (tertiary/aromatic N) is 1. The molecule has 0 radical (unpaired) electrons. The smallest absolute Gasteiger partial charge is 0.333 e. The van der Waals surface area contributed by atoms with E-state index in [1.165, 1.54) is 5.06 Å². The van der Waals surface area contributed by atoms with Crippen LogP contribution in [0.5, 0.6) is 0 Å². The molecule has 0 saturated carbocycles. The molecule has 124 valence electrons. The highest BCUT2D eigenvalue weighted by Crippen LogP contribution is 2.17. The van der Waals surface area contributed by atoms with Crippen LogP contribution in [-0.4, -0.2) is 22.2 Å². The van der Waals surface area contributed by atoms with Crippen molar-refractivity contribution in [1.29, 1.82) is 0 Å². The summed E-state index contributed by atoms with van der Waals surface area (Å²) in [7, 11) is 0. The van der Waals surface area contributed by atoms with Crippen LogP contribution in [0.15, 0.2) is 60.7 Å². The van der Waals surface area contributed by atoms with Crippen LogP contribution in [0.25, 0.3) is 0 Å². The van der Waals surface area contributed by atoms with Crippen LogP contribution in [-0.2, 0) is 14.4 Å². The fourth-order valence-electron chi connectivity index (χ4n) is 1.83. The van der Waals surface area contributed by atoms with E-state index >= 15 is 0 Å². The maximum Gasteiger partial charge on any atom is 0.333 e. The van der Waals surface area contributed by atoms with Crippen LogP contribution >= 0.6 is 12.2 Å². The van der Waals surface area contributed by atoms with Gasteiger partial charge in [-0.3, -0.25) is 4.79 Å². The standard InChI is InChI=1S/C17H16N2O4S/c20-15(21)11-12-16(22)23-19(14-9-5-2-6-10-14)17(24)18-13-7-3-1-4-8-13/h1-10H,11-12H2,(H,18,24)(H,20,21). The molecule has 24 heavy (non-hydrogen) atoms. The van der Waals surface area contributed by atoms with Crippen molar-refractivity contribution >= 4 is 40.6 Å². The molecule has 0 unspecified atom stereocenters. The zero-order valence-electron chi connectivity index (χ0n) is 12.7. The summed E-state index contributed by atoms with van der Waals surface area (Å²) in [5.74, 6) is -1.75. The van der Waals surface area contributed by atoms with Crippen LogP contribution in [0.3, 0.4) is 0 Å². The van der Waals surface area contributed by atoms with E-state index in [0.29, 0.717) is 5.69 Å². The highest BCUT2D eigenvalue weighted by atomic mass is 32.1. The Balaban J connectivity index is 2.12. The van der Waals surface area contributed by atoms with Gasteiger partial charge in [-0.1, -0.05) is 36.4 Å². The van der Waals surface area contributed by atoms with Crippen molar-refractivity contribution in [3.8, 4) is 0 Å². The minimum atomic E-state index is -1.07. The number of rotatable bonds is 5. The molecule has 0 heterocycles.